The predicted octanol–water partition coefficient (Wildman–Crippen LogP) is 5.96. The highest BCUT2D eigenvalue weighted by molar-refractivity contribution is 8.03. The maximum absolute atomic E-state index is 13.5. The molecule has 0 radical (unpaired) electrons. The van der Waals surface area contributed by atoms with Crippen LogP contribution in [0.2, 0.25) is 5.02 Å². The van der Waals surface area contributed by atoms with Gasteiger partial charge in [-0.1, -0.05) is 41.6 Å². The molecule has 0 fully saturated rings. The number of ether oxygens (including phenoxy) is 1. The van der Waals surface area contributed by atoms with E-state index in [4.69, 9.17) is 20.8 Å². The summed E-state index contributed by atoms with van der Waals surface area (Å²) in [6.07, 6.45) is 1.49. The first kappa shape index (κ1) is 26.9. The SMILES string of the molecule is COc1ccccc1NC(=O)C1=C(C)NC(SCC(=O)Nc2cccc(Cl)c2C)=C(C#N)[C@H]1c1ccco1. The Morgan fingerprint density at radius 2 is 1.87 bits per heavy atom. The van der Waals surface area contributed by atoms with Crippen molar-refractivity contribution in [2.75, 3.05) is 23.5 Å². The van der Waals surface area contributed by atoms with Crippen LogP contribution < -0.4 is 20.7 Å². The number of thioether (sulfide) groups is 1. The number of furan rings is 1. The van der Waals surface area contributed by atoms with Crippen LogP contribution in [-0.2, 0) is 9.59 Å². The molecule has 0 unspecified atom stereocenters. The van der Waals surface area contributed by atoms with Gasteiger partial charge in [0.25, 0.3) is 5.91 Å². The lowest BCUT2D eigenvalue weighted by molar-refractivity contribution is -0.114. The van der Waals surface area contributed by atoms with Gasteiger partial charge in [-0.3, -0.25) is 9.59 Å². The normalized spacial score (nSPS) is 15.0. The van der Waals surface area contributed by atoms with Gasteiger partial charge in [0.1, 0.15) is 11.5 Å². The number of halogens is 1. The summed E-state index contributed by atoms with van der Waals surface area (Å²) < 4.78 is 11.0. The Labute approximate surface area is 229 Å². The number of nitriles is 1. The van der Waals surface area contributed by atoms with E-state index in [-0.39, 0.29) is 17.2 Å². The molecule has 0 saturated carbocycles. The molecule has 0 spiro atoms. The van der Waals surface area contributed by atoms with E-state index in [0.717, 1.165) is 5.56 Å². The number of carbonyl (C=O) groups is 2. The van der Waals surface area contributed by atoms with E-state index in [1.54, 1.807) is 61.5 Å². The van der Waals surface area contributed by atoms with E-state index < -0.39 is 11.8 Å². The molecule has 1 aliphatic heterocycles. The highest BCUT2D eigenvalue weighted by atomic mass is 35.5. The molecule has 1 aromatic heterocycles. The maximum atomic E-state index is 13.5. The van der Waals surface area contributed by atoms with Crippen molar-refractivity contribution in [1.82, 2.24) is 5.32 Å². The molecule has 0 saturated heterocycles. The smallest absolute Gasteiger partial charge is 0.254 e. The zero-order valence-electron chi connectivity index (χ0n) is 20.9. The van der Waals surface area contributed by atoms with E-state index in [1.807, 2.05) is 6.92 Å². The molecule has 1 atom stereocenters. The first-order valence-electron chi connectivity index (χ1n) is 11.6. The number of allylic oxidation sites excluding steroid dienone is 2. The molecule has 38 heavy (non-hydrogen) atoms. The van der Waals surface area contributed by atoms with Gasteiger partial charge in [0.15, 0.2) is 0 Å². The summed E-state index contributed by atoms with van der Waals surface area (Å²) in [6, 6.07) is 18.0. The number of hydrogen-bond donors (Lipinski definition) is 3. The largest absolute Gasteiger partial charge is 0.495 e. The number of dihydropyridines is 1. The third-order valence-electron chi connectivity index (χ3n) is 5.96. The Bertz CT molecular complexity index is 1470. The van der Waals surface area contributed by atoms with Gasteiger partial charge in [-0.15, -0.1) is 0 Å². The van der Waals surface area contributed by atoms with Crippen molar-refractivity contribution in [2.45, 2.75) is 19.8 Å². The van der Waals surface area contributed by atoms with Gasteiger partial charge in [0.2, 0.25) is 5.91 Å². The lowest BCUT2D eigenvalue weighted by Gasteiger charge is -2.28. The van der Waals surface area contributed by atoms with E-state index in [0.29, 0.717) is 44.2 Å². The second-order valence-electron chi connectivity index (χ2n) is 8.37. The number of methoxy groups -OCH3 is 1. The van der Waals surface area contributed by atoms with Crippen LogP contribution >= 0.6 is 23.4 Å². The van der Waals surface area contributed by atoms with Gasteiger partial charge in [-0.05, 0) is 55.8 Å². The van der Waals surface area contributed by atoms with Crippen molar-refractivity contribution < 1.29 is 18.7 Å². The fraction of sp³-hybridized carbons (Fsp3) is 0.179. The topological polar surface area (TPSA) is 116 Å². The van der Waals surface area contributed by atoms with E-state index in [9.17, 15) is 14.9 Å². The second-order valence-corrected chi connectivity index (χ2v) is 9.76. The van der Waals surface area contributed by atoms with Crippen molar-refractivity contribution in [1.29, 1.82) is 5.26 Å². The Hall–Kier alpha value is -4.13. The number of amides is 2. The van der Waals surface area contributed by atoms with Crippen molar-refractivity contribution in [3.05, 3.63) is 99.1 Å². The number of anilines is 2. The number of para-hydroxylation sites is 2. The van der Waals surface area contributed by atoms with Crippen LogP contribution in [0.25, 0.3) is 0 Å². The van der Waals surface area contributed by atoms with Gasteiger partial charge in [0.05, 0.1) is 53.0 Å². The summed E-state index contributed by atoms with van der Waals surface area (Å²) in [7, 11) is 1.52. The highest BCUT2D eigenvalue weighted by Gasteiger charge is 2.36. The van der Waals surface area contributed by atoms with Crippen molar-refractivity contribution in [3.63, 3.8) is 0 Å². The fourth-order valence-electron chi connectivity index (χ4n) is 4.07. The van der Waals surface area contributed by atoms with Crippen LogP contribution in [-0.4, -0.2) is 24.7 Å². The van der Waals surface area contributed by atoms with Crippen LogP contribution in [0.5, 0.6) is 5.75 Å². The highest BCUT2D eigenvalue weighted by Crippen LogP contribution is 2.41. The molecular weight excluding hydrogens is 524 g/mol. The van der Waals surface area contributed by atoms with Crippen molar-refractivity contribution >= 4 is 46.6 Å². The molecular formula is C28H25ClN4O4S. The fourth-order valence-corrected chi connectivity index (χ4v) is 5.14. The Balaban J connectivity index is 1.60. The lowest BCUT2D eigenvalue weighted by Crippen LogP contribution is -2.31. The van der Waals surface area contributed by atoms with Crippen LogP contribution in [0, 0.1) is 18.3 Å². The third-order valence-corrected chi connectivity index (χ3v) is 7.39. The summed E-state index contributed by atoms with van der Waals surface area (Å²) in [5.41, 5.74) is 3.01. The van der Waals surface area contributed by atoms with Crippen LogP contribution in [0.4, 0.5) is 11.4 Å². The monoisotopic (exact) mass is 548 g/mol. The quantitative estimate of drug-likeness (QED) is 0.318. The minimum atomic E-state index is -0.772. The minimum absolute atomic E-state index is 0.0281. The van der Waals surface area contributed by atoms with Crippen LogP contribution in [0.1, 0.15) is 24.2 Å². The molecule has 2 aromatic carbocycles. The molecule has 2 heterocycles. The maximum Gasteiger partial charge on any atom is 0.254 e. The molecule has 1 aliphatic rings. The Kier molecular flexibility index (Phi) is 8.46. The zero-order valence-corrected chi connectivity index (χ0v) is 22.5. The number of rotatable bonds is 8. The molecule has 0 bridgehead atoms. The van der Waals surface area contributed by atoms with Gasteiger partial charge >= 0.3 is 0 Å². The van der Waals surface area contributed by atoms with E-state index in [2.05, 4.69) is 22.0 Å². The van der Waals surface area contributed by atoms with Crippen molar-refractivity contribution in [3.8, 4) is 11.8 Å². The molecule has 8 nitrogen and oxygen atoms in total. The number of nitrogens with zero attached hydrogens (tertiary/aromatic N) is 1. The molecule has 2 amide bonds. The minimum Gasteiger partial charge on any atom is -0.495 e. The molecule has 0 aliphatic carbocycles. The molecule has 4 rings (SSSR count). The first-order valence-corrected chi connectivity index (χ1v) is 13.0. The van der Waals surface area contributed by atoms with Crippen LogP contribution in [0.15, 0.2) is 87.1 Å². The summed E-state index contributed by atoms with van der Waals surface area (Å²) in [5, 5.41) is 20.1. The van der Waals surface area contributed by atoms with Gasteiger partial charge in [0, 0.05) is 16.4 Å². The third kappa shape index (κ3) is 5.72. The average molecular weight is 549 g/mol. The Morgan fingerprint density at radius 3 is 2.58 bits per heavy atom. The molecule has 3 aromatic rings. The summed E-state index contributed by atoms with van der Waals surface area (Å²) >= 11 is 7.33. The summed E-state index contributed by atoms with van der Waals surface area (Å²) in [5.74, 6) is -0.475. The summed E-state index contributed by atoms with van der Waals surface area (Å²) in [4.78, 5) is 26.3. The molecule has 194 valence electrons. The zero-order chi connectivity index (χ0) is 27.2. The van der Waals surface area contributed by atoms with Gasteiger partial charge in [-0.25, -0.2) is 0 Å². The standard InChI is InChI=1S/C28H25ClN4O4S/c1-16-19(29)8-6-10-20(16)32-24(34)15-38-28-18(14-30)26(23-12-7-13-37-23)25(17(2)31-28)27(35)33-21-9-4-5-11-22(21)36-3/h4-13,26,31H,15H2,1-3H3,(H,32,34)(H,33,35)/t26-/m0/s1. The van der Waals surface area contributed by atoms with Gasteiger partial charge < -0.3 is 25.1 Å². The number of nitrogens with one attached hydrogen (secondary N) is 3. The van der Waals surface area contributed by atoms with E-state index in [1.165, 1.54) is 25.1 Å². The predicted molar refractivity (Wildman–Crippen MR) is 149 cm³/mol. The van der Waals surface area contributed by atoms with Crippen LogP contribution in [0.3, 0.4) is 0 Å². The average Bonchev–Trinajstić information content (AvgIpc) is 3.44. The Morgan fingerprint density at radius 1 is 1.11 bits per heavy atom. The second kappa shape index (κ2) is 11.9. The molecule has 10 heteroatoms. The van der Waals surface area contributed by atoms with E-state index >= 15 is 0 Å². The molecule has 3 N–H and O–H groups in total. The van der Waals surface area contributed by atoms with Gasteiger partial charge in [-0.2, -0.15) is 5.26 Å². The number of carbonyl (C=O) groups excluding carboxylic acids is 2. The number of hydrogen-bond acceptors (Lipinski definition) is 7. The first-order chi connectivity index (χ1) is 18.3. The lowest BCUT2D eigenvalue weighted by atomic mass is 9.85. The summed E-state index contributed by atoms with van der Waals surface area (Å²) in [6.45, 7) is 3.57. The number of benzene rings is 2. The van der Waals surface area contributed by atoms with Crippen molar-refractivity contribution in [2.24, 2.45) is 0 Å².